The normalized spacial score (nSPS) is 19.4. The molecule has 2 N–H and O–H groups in total. The summed E-state index contributed by atoms with van der Waals surface area (Å²) >= 11 is 0. The van der Waals surface area contributed by atoms with Crippen molar-refractivity contribution in [3.63, 3.8) is 0 Å². The van der Waals surface area contributed by atoms with Crippen molar-refractivity contribution in [2.75, 3.05) is 6.54 Å². The van der Waals surface area contributed by atoms with E-state index < -0.39 is 24.7 Å². The number of carbonyl (C=O) groups excluding carboxylic acids is 1. The first kappa shape index (κ1) is 16.3. The first-order chi connectivity index (χ1) is 8.61. The van der Waals surface area contributed by atoms with Crippen molar-refractivity contribution in [3.8, 4) is 0 Å². The van der Waals surface area contributed by atoms with Gasteiger partial charge in [-0.3, -0.25) is 4.79 Å². The zero-order chi connectivity index (χ0) is 14.8. The molecule has 0 radical (unpaired) electrons. The second-order valence-electron chi connectivity index (χ2n) is 5.90. The van der Waals surface area contributed by atoms with Gasteiger partial charge in [0.2, 0.25) is 5.91 Å². The molecule has 0 aliphatic heterocycles. The van der Waals surface area contributed by atoms with Crippen molar-refractivity contribution in [3.05, 3.63) is 0 Å². The molecular weight excluding hydrogens is 257 g/mol. The van der Waals surface area contributed by atoms with Gasteiger partial charge in [-0.1, -0.05) is 13.8 Å². The van der Waals surface area contributed by atoms with Gasteiger partial charge in [0.25, 0.3) is 0 Å². The minimum Gasteiger partial charge on any atom is -0.329 e. The molecule has 0 aromatic rings. The highest BCUT2D eigenvalue weighted by Crippen LogP contribution is 2.36. The van der Waals surface area contributed by atoms with Crippen LogP contribution in [-0.2, 0) is 4.79 Å². The Morgan fingerprint density at radius 1 is 1.32 bits per heavy atom. The highest BCUT2D eigenvalue weighted by atomic mass is 19.4. The van der Waals surface area contributed by atoms with Crippen LogP contribution in [0.3, 0.4) is 0 Å². The van der Waals surface area contributed by atoms with Crippen molar-refractivity contribution >= 4 is 5.91 Å². The summed E-state index contributed by atoms with van der Waals surface area (Å²) < 4.78 is 37.8. The van der Waals surface area contributed by atoms with E-state index in [9.17, 15) is 18.0 Å². The van der Waals surface area contributed by atoms with Gasteiger partial charge >= 0.3 is 6.18 Å². The molecule has 3 nitrogen and oxygen atoms in total. The Balaban J connectivity index is 2.73. The fourth-order valence-corrected chi connectivity index (χ4v) is 2.27. The molecule has 0 spiro atoms. The summed E-state index contributed by atoms with van der Waals surface area (Å²) in [4.78, 5) is 13.1. The van der Waals surface area contributed by atoms with Crippen LogP contribution < -0.4 is 5.73 Å². The lowest BCUT2D eigenvalue weighted by Crippen LogP contribution is -2.52. The van der Waals surface area contributed by atoms with Crippen LogP contribution in [0.2, 0.25) is 0 Å². The minimum absolute atomic E-state index is 0.183. The number of hydrogen-bond acceptors (Lipinski definition) is 2. The van der Waals surface area contributed by atoms with E-state index in [0.717, 1.165) is 17.7 Å². The quantitative estimate of drug-likeness (QED) is 0.812. The highest BCUT2D eigenvalue weighted by molar-refractivity contribution is 5.82. The highest BCUT2D eigenvalue weighted by Gasteiger charge is 2.41. The van der Waals surface area contributed by atoms with E-state index in [0.29, 0.717) is 6.42 Å². The predicted octanol–water partition coefficient (Wildman–Crippen LogP) is 2.55. The van der Waals surface area contributed by atoms with Gasteiger partial charge in [0.1, 0.15) is 6.54 Å². The molecule has 2 unspecified atom stereocenters. The zero-order valence-electron chi connectivity index (χ0n) is 11.7. The molecule has 0 heterocycles. The zero-order valence-corrected chi connectivity index (χ0v) is 11.7. The van der Waals surface area contributed by atoms with Crippen molar-refractivity contribution < 1.29 is 18.0 Å². The molecule has 1 aliphatic carbocycles. The number of nitrogens with two attached hydrogens (primary N) is 1. The molecule has 1 saturated carbocycles. The topological polar surface area (TPSA) is 46.3 Å². The van der Waals surface area contributed by atoms with Crippen LogP contribution in [-0.4, -0.2) is 35.6 Å². The van der Waals surface area contributed by atoms with E-state index in [1.165, 1.54) is 0 Å². The second kappa shape index (κ2) is 6.11. The van der Waals surface area contributed by atoms with Crippen molar-refractivity contribution in [1.82, 2.24) is 4.90 Å². The van der Waals surface area contributed by atoms with Crippen molar-refractivity contribution in [2.24, 2.45) is 17.6 Å². The van der Waals surface area contributed by atoms with E-state index in [2.05, 4.69) is 0 Å². The smallest absolute Gasteiger partial charge is 0.329 e. The molecule has 0 aromatic heterocycles. The van der Waals surface area contributed by atoms with Gasteiger partial charge < -0.3 is 10.6 Å². The van der Waals surface area contributed by atoms with Crippen LogP contribution in [0.5, 0.6) is 0 Å². The van der Waals surface area contributed by atoms with Gasteiger partial charge in [-0.2, -0.15) is 13.2 Å². The molecule has 1 fully saturated rings. The largest absolute Gasteiger partial charge is 0.406 e. The van der Waals surface area contributed by atoms with Crippen LogP contribution in [0, 0.1) is 11.8 Å². The summed E-state index contributed by atoms with van der Waals surface area (Å²) in [5, 5.41) is 0. The van der Waals surface area contributed by atoms with Gasteiger partial charge in [-0.25, -0.2) is 0 Å². The summed E-state index contributed by atoms with van der Waals surface area (Å²) in [5.74, 6) is -0.203. The maximum atomic E-state index is 12.6. The monoisotopic (exact) mass is 280 g/mol. The first-order valence-corrected chi connectivity index (χ1v) is 6.74. The molecule has 0 aromatic carbocycles. The number of nitrogens with zero attached hydrogens (tertiary/aromatic N) is 1. The maximum Gasteiger partial charge on any atom is 0.406 e. The lowest BCUT2D eigenvalue weighted by atomic mass is 10.0. The van der Waals surface area contributed by atoms with Crippen LogP contribution in [0.1, 0.15) is 40.0 Å². The van der Waals surface area contributed by atoms with Crippen LogP contribution in [0.25, 0.3) is 0 Å². The Labute approximate surface area is 112 Å². The number of carbonyl (C=O) groups is 1. The molecular formula is C13H23F3N2O. The SMILES string of the molecule is CC(C)CC(N)C(=O)N(CC(F)(F)F)C(C)C1CC1. The molecule has 6 heteroatoms. The number of hydrogen-bond donors (Lipinski definition) is 1. The molecule has 0 bridgehead atoms. The Kier molecular flexibility index (Phi) is 5.24. The fraction of sp³-hybridized carbons (Fsp3) is 0.923. The fourth-order valence-electron chi connectivity index (χ4n) is 2.27. The lowest BCUT2D eigenvalue weighted by molar-refractivity contribution is -0.167. The van der Waals surface area contributed by atoms with E-state index in [4.69, 9.17) is 5.73 Å². The van der Waals surface area contributed by atoms with Crippen molar-refractivity contribution in [2.45, 2.75) is 58.3 Å². The molecule has 0 saturated heterocycles. The number of halogens is 3. The number of amides is 1. The van der Waals surface area contributed by atoms with E-state index in [1.807, 2.05) is 13.8 Å². The molecule has 19 heavy (non-hydrogen) atoms. The third-order valence-corrected chi connectivity index (χ3v) is 3.47. The van der Waals surface area contributed by atoms with Gasteiger partial charge in [0.15, 0.2) is 0 Å². The van der Waals surface area contributed by atoms with Gasteiger partial charge in [0, 0.05) is 6.04 Å². The Morgan fingerprint density at radius 3 is 2.21 bits per heavy atom. The second-order valence-corrected chi connectivity index (χ2v) is 5.90. The van der Waals surface area contributed by atoms with Crippen LogP contribution >= 0.6 is 0 Å². The summed E-state index contributed by atoms with van der Waals surface area (Å²) in [6.45, 7) is 4.27. The predicted molar refractivity (Wildman–Crippen MR) is 67.4 cm³/mol. The van der Waals surface area contributed by atoms with E-state index in [-0.39, 0.29) is 17.9 Å². The Hall–Kier alpha value is -0.780. The number of alkyl halides is 3. The summed E-state index contributed by atoms with van der Waals surface area (Å²) in [6, 6.07) is -1.23. The standard InChI is InChI=1S/C13H23F3N2O/c1-8(2)6-11(17)12(19)18(7-13(14,15)16)9(3)10-4-5-10/h8-11H,4-7,17H2,1-3H3. The first-order valence-electron chi connectivity index (χ1n) is 6.74. The Morgan fingerprint density at radius 2 is 1.84 bits per heavy atom. The van der Waals surface area contributed by atoms with Crippen LogP contribution in [0.4, 0.5) is 13.2 Å². The molecule has 112 valence electrons. The van der Waals surface area contributed by atoms with E-state index >= 15 is 0 Å². The third kappa shape index (κ3) is 5.38. The number of rotatable bonds is 6. The van der Waals surface area contributed by atoms with Gasteiger partial charge in [-0.15, -0.1) is 0 Å². The third-order valence-electron chi connectivity index (χ3n) is 3.47. The van der Waals surface area contributed by atoms with E-state index in [1.54, 1.807) is 6.92 Å². The molecule has 2 atom stereocenters. The maximum absolute atomic E-state index is 12.6. The van der Waals surface area contributed by atoms with Gasteiger partial charge in [-0.05, 0) is 38.0 Å². The Bertz CT molecular complexity index is 314. The summed E-state index contributed by atoms with van der Waals surface area (Å²) in [5.41, 5.74) is 5.74. The molecule has 1 amide bonds. The van der Waals surface area contributed by atoms with Crippen molar-refractivity contribution in [1.29, 1.82) is 0 Å². The summed E-state index contributed by atoms with van der Waals surface area (Å²) in [7, 11) is 0. The summed E-state index contributed by atoms with van der Waals surface area (Å²) in [6.07, 6.45) is -2.19. The average molecular weight is 280 g/mol. The van der Waals surface area contributed by atoms with Crippen LogP contribution in [0.15, 0.2) is 0 Å². The average Bonchev–Trinajstić information content (AvgIpc) is 3.05. The lowest BCUT2D eigenvalue weighted by Gasteiger charge is -2.32. The molecule has 1 rings (SSSR count). The minimum atomic E-state index is -4.38. The molecule has 1 aliphatic rings. The van der Waals surface area contributed by atoms with Gasteiger partial charge in [0.05, 0.1) is 6.04 Å².